The van der Waals surface area contributed by atoms with Gasteiger partial charge in [0.05, 0.1) is 36.4 Å². The Labute approximate surface area is 173 Å². The number of nitrogens with zero attached hydrogens (tertiary/aromatic N) is 4. The summed E-state index contributed by atoms with van der Waals surface area (Å²) < 4.78 is 19.4. The molecule has 4 aromatic rings. The number of nitrogens with one attached hydrogen (secondary N) is 1. The van der Waals surface area contributed by atoms with Crippen LogP contribution in [0.1, 0.15) is 0 Å². The summed E-state index contributed by atoms with van der Waals surface area (Å²) in [5, 5.41) is 0.851. The van der Waals surface area contributed by atoms with Crippen LogP contribution in [-0.2, 0) is 0 Å². The summed E-state index contributed by atoms with van der Waals surface area (Å²) in [7, 11) is 1.68. The minimum Gasteiger partial charge on any atom is -0.299 e. The zero-order valence-electron chi connectivity index (χ0n) is 14.4. The third kappa shape index (κ3) is 3.45. The molecule has 5 rings (SSSR count). The smallest absolute Gasteiger partial charge is 0.194 e. The van der Waals surface area contributed by atoms with Crippen molar-refractivity contribution < 1.29 is 4.39 Å². The number of hydrogen-bond acceptors (Lipinski definition) is 4. The van der Waals surface area contributed by atoms with Gasteiger partial charge in [-0.1, -0.05) is 24.3 Å². The molecule has 0 bridgehead atoms. The van der Waals surface area contributed by atoms with Crippen molar-refractivity contribution in [2.75, 3.05) is 0 Å². The van der Waals surface area contributed by atoms with E-state index in [1.807, 2.05) is 53.4 Å². The first kappa shape index (κ1) is 17.5. The van der Waals surface area contributed by atoms with E-state index in [1.165, 1.54) is 12.1 Å². The fourth-order valence-corrected chi connectivity index (χ4v) is 5.52. The van der Waals surface area contributed by atoms with Crippen molar-refractivity contribution in [1.29, 1.82) is 0 Å². The van der Waals surface area contributed by atoms with E-state index >= 15 is 0 Å². The fourth-order valence-electron chi connectivity index (χ4n) is 3.03. The summed E-state index contributed by atoms with van der Waals surface area (Å²) in [5.41, 5.74) is 8.69. The van der Waals surface area contributed by atoms with Crippen LogP contribution in [0.2, 0.25) is 0 Å². The maximum absolute atomic E-state index is 13.2. The molecule has 0 saturated carbocycles. The van der Waals surface area contributed by atoms with Crippen LogP contribution < -0.4 is 5.43 Å². The maximum Gasteiger partial charge on any atom is 0.194 e. The molecule has 3 aromatic carbocycles. The highest BCUT2D eigenvalue weighted by atomic mass is 127. The van der Waals surface area contributed by atoms with Crippen molar-refractivity contribution in [2.24, 2.45) is 8.25 Å². The number of aromatic nitrogens is 2. The topological polar surface area (TPSA) is 54.6 Å². The van der Waals surface area contributed by atoms with Crippen LogP contribution in [0.4, 0.5) is 10.1 Å². The first-order valence-electron chi connectivity index (χ1n) is 8.46. The fraction of sp³-hybridized carbons (Fsp3) is 0. The minimum atomic E-state index is -0.237. The van der Waals surface area contributed by atoms with Gasteiger partial charge in [-0.05, 0) is 53.6 Å². The molecule has 1 aliphatic rings. The molecule has 2 heterocycles. The summed E-state index contributed by atoms with van der Waals surface area (Å²) in [5.74, 6) is -0.237. The second kappa shape index (κ2) is 7.44. The molecule has 1 aliphatic heterocycles. The van der Waals surface area contributed by atoms with E-state index in [4.69, 9.17) is 0 Å². The van der Waals surface area contributed by atoms with Crippen molar-refractivity contribution in [3.05, 3.63) is 78.9 Å². The molecule has 0 fully saturated rings. The lowest BCUT2D eigenvalue weighted by molar-refractivity contribution is 0.628. The van der Waals surface area contributed by atoms with Gasteiger partial charge in [0.1, 0.15) is 12.1 Å². The van der Waals surface area contributed by atoms with Gasteiger partial charge < -0.3 is 0 Å². The molecule has 1 N–H and O–H groups in total. The van der Waals surface area contributed by atoms with Gasteiger partial charge in [-0.15, -0.1) is 3.25 Å². The quantitative estimate of drug-likeness (QED) is 0.343. The zero-order chi connectivity index (χ0) is 18.9. The van der Waals surface area contributed by atoms with Crippen LogP contribution in [0.15, 0.2) is 81.3 Å². The van der Waals surface area contributed by atoms with Gasteiger partial charge in [0, 0.05) is 14.6 Å². The second-order valence-electron chi connectivity index (χ2n) is 6.10. The Morgan fingerprint density at radius 3 is 2.68 bits per heavy atom. The number of imidazole rings is 1. The Kier molecular flexibility index (Phi) is 4.65. The predicted molar refractivity (Wildman–Crippen MR) is 121 cm³/mol. The van der Waals surface area contributed by atoms with E-state index in [-0.39, 0.29) is 25.5 Å². The van der Waals surface area contributed by atoms with Crippen LogP contribution in [0.5, 0.6) is 0 Å². The van der Waals surface area contributed by atoms with Crippen molar-refractivity contribution in [2.45, 2.75) is 0 Å². The van der Waals surface area contributed by atoms with Gasteiger partial charge in [0.15, 0.2) is 5.17 Å². The number of amidine groups is 1. The lowest BCUT2D eigenvalue weighted by Gasteiger charge is -2.07. The Hall–Kier alpha value is -2.59. The molecule has 0 amide bonds. The molecule has 5 nitrogen and oxygen atoms in total. The number of aliphatic imine (C=N–C) groups is 1. The minimum absolute atomic E-state index is 0.226. The first-order valence-corrected chi connectivity index (χ1v) is 12.8. The van der Waals surface area contributed by atoms with Crippen molar-refractivity contribution >= 4 is 50.5 Å². The summed E-state index contributed by atoms with van der Waals surface area (Å²) in [4.78, 5) is 9.17. The molecule has 28 heavy (non-hydrogen) atoms. The van der Waals surface area contributed by atoms with Crippen LogP contribution in [0.3, 0.4) is 0 Å². The van der Waals surface area contributed by atoms with Crippen LogP contribution in [0, 0.1) is 5.82 Å². The van der Waals surface area contributed by atoms with Crippen molar-refractivity contribution in [1.82, 2.24) is 15.0 Å². The van der Waals surface area contributed by atoms with Crippen molar-refractivity contribution in [3.8, 4) is 16.8 Å². The zero-order valence-corrected chi connectivity index (χ0v) is 17.4. The number of benzene rings is 3. The Balaban J connectivity index is 1.51. The molecule has 1 aromatic heterocycles. The second-order valence-corrected chi connectivity index (χ2v) is 9.77. The van der Waals surface area contributed by atoms with Gasteiger partial charge in [0.2, 0.25) is 0 Å². The van der Waals surface area contributed by atoms with E-state index in [0.717, 1.165) is 38.7 Å². The SMILES string of the molecule is Fc1ccc(-c2ccc3c(c2)ncn3-c2cccc(N=C3NN=IS3)c2)cc1. The van der Waals surface area contributed by atoms with Crippen LogP contribution in [0.25, 0.3) is 27.8 Å². The standard InChI is InChI=1S/C20H13FIN5S/c21-15-7-4-13(5-8-15)14-6-9-19-18(10-14)23-12-27(19)17-3-1-2-16(11-17)24-20-25-26-22-28-20/h1-12H,(H,24,25). The predicted octanol–water partition coefficient (Wildman–Crippen LogP) is 6.14. The summed E-state index contributed by atoms with van der Waals surface area (Å²) >= 11 is -0.226. The monoisotopic (exact) mass is 501 g/mol. The number of halogens is 2. The molecule has 0 saturated heterocycles. The van der Waals surface area contributed by atoms with Gasteiger partial charge in [-0.2, -0.15) is 0 Å². The Morgan fingerprint density at radius 1 is 1.00 bits per heavy atom. The third-order valence-electron chi connectivity index (χ3n) is 4.34. The Bertz CT molecular complexity index is 1220. The van der Waals surface area contributed by atoms with E-state index in [1.54, 1.807) is 21.1 Å². The van der Waals surface area contributed by atoms with Crippen molar-refractivity contribution in [3.63, 3.8) is 0 Å². The molecule has 0 radical (unpaired) electrons. The molecular weight excluding hydrogens is 488 g/mol. The highest BCUT2D eigenvalue weighted by Gasteiger charge is 2.09. The molecule has 0 spiro atoms. The number of hydrogen-bond donors (Lipinski definition) is 1. The van der Waals surface area contributed by atoms with E-state index < -0.39 is 0 Å². The highest BCUT2D eigenvalue weighted by molar-refractivity contribution is 14.2. The van der Waals surface area contributed by atoms with Gasteiger partial charge in [-0.3, -0.25) is 4.57 Å². The van der Waals surface area contributed by atoms with Gasteiger partial charge >= 0.3 is 0 Å². The largest absolute Gasteiger partial charge is 0.299 e. The normalized spacial score (nSPS) is 15.0. The summed E-state index contributed by atoms with van der Waals surface area (Å²) in [6.07, 6.45) is 1.81. The Morgan fingerprint density at radius 2 is 1.86 bits per heavy atom. The first-order chi connectivity index (χ1) is 13.8. The summed E-state index contributed by atoms with van der Waals surface area (Å²) in [6.45, 7) is 0. The molecule has 0 atom stereocenters. The average Bonchev–Trinajstić information content (AvgIpc) is 3.38. The molecule has 0 aliphatic carbocycles. The molecular formula is C20H13FIN5S. The van der Waals surface area contributed by atoms with Gasteiger partial charge in [0.25, 0.3) is 0 Å². The van der Waals surface area contributed by atoms with Crippen LogP contribution in [-0.4, -0.2) is 14.7 Å². The van der Waals surface area contributed by atoms with E-state index in [9.17, 15) is 4.39 Å². The molecule has 0 unspecified atom stereocenters. The number of rotatable bonds is 3. The maximum atomic E-state index is 13.2. The van der Waals surface area contributed by atoms with E-state index in [0.29, 0.717) is 0 Å². The number of fused-ring (bicyclic) bond motifs is 1. The third-order valence-corrected chi connectivity index (χ3v) is 7.48. The highest BCUT2D eigenvalue weighted by Crippen LogP contribution is 2.31. The average molecular weight is 501 g/mol. The summed E-state index contributed by atoms with van der Waals surface area (Å²) in [6, 6.07) is 20.6. The lowest BCUT2D eigenvalue weighted by Crippen LogP contribution is -2.06. The lowest BCUT2D eigenvalue weighted by atomic mass is 10.1. The molecule has 8 heteroatoms. The van der Waals surface area contributed by atoms with Gasteiger partial charge in [-0.25, -0.2) is 19.8 Å². The van der Waals surface area contributed by atoms with E-state index in [2.05, 4.69) is 18.7 Å². The van der Waals surface area contributed by atoms with Crippen LogP contribution >= 0.6 is 28.6 Å². The molecule has 138 valence electrons.